The molecule has 7 heteroatoms. The van der Waals surface area contributed by atoms with Crippen molar-refractivity contribution in [3.8, 4) is 0 Å². The zero-order chi connectivity index (χ0) is 13.7. The first-order chi connectivity index (χ1) is 8.41. The second kappa shape index (κ2) is 5.78. The lowest BCUT2D eigenvalue weighted by molar-refractivity contribution is -0.146. The smallest absolute Gasteiger partial charge is 0.334 e. The van der Waals surface area contributed by atoms with E-state index >= 15 is 0 Å². The Bertz CT molecular complexity index is 486. The maximum atomic E-state index is 11.6. The van der Waals surface area contributed by atoms with Gasteiger partial charge in [0.15, 0.2) is 6.10 Å². The predicted octanol–water partition coefficient (Wildman–Crippen LogP) is -1.04. The maximum absolute atomic E-state index is 11.6. The molecule has 1 atom stereocenters. The minimum absolute atomic E-state index is 0.156. The molecule has 0 aliphatic rings. The molecule has 1 unspecified atom stereocenters. The first kappa shape index (κ1) is 13.7. The number of rotatable bonds is 5. The van der Waals surface area contributed by atoms with Crippen LogP contribution in [0.3, 0.4) is 0 Å². The molecule has 0 saturated carbocycles. The van der Waals surface area contributed by atoms with Crippen LogP contribution in [-0.2, 0) is 4.79 Å². The van der Waals surface area contributed by atoms with Gasteiger partial charge in [0.05, 0.1) is 6.54 Å². The minimum Gasteiger partial charge on any atom is -0.479 e. The maximum Gasteiger partial charge on any atom is 0.334 e. The van der Waals surface area contributed by atoms with Gasteiger partial charge in [-0.25, -0.2) is 4.79 Å². The summed E-state index contributed by atoms with van der Waals surface area (Å²) < 4.78 is 0. The number of hydrogen-bond acceptors (Lipinski definition) is 4. The summed E-state index contributed by atoms with van der Waals surface area (Å²) in [5.41, 5.74) is 5.38. The van der Waals surface area contributed by atoms with Crippen molar-refractivity contribution in [2.24, 2.45) is 5.73 Å². The van der Waals surface area contributed by atoms with Gasteiger partial charge in [-0.05, 0) is 18.2 Å². The number of amides is 2. The molecule has 96 valence electrons. The molecule has 0 aliphatic carbocycles. The normalized spacial score (nSPS) is 11.6. The number of aliphatic hydroxyl groups excluding tert-OH is 1. The summed E-state index contributed by atoms with van der Waals surface area (Å²) >= 11 is 0. The van der Waals surface area contributed by atoms with Crippen molar-refractivity contribution in [1.82, 2.24) is 5.32 Å². The summed E-state index contributed by atoms with van der Waals surface area (Å²) in [5, 5.41) is 19.6. The van der Waals surface area contributed by atoms with Crippen LogP contribution in [0.2, 0.25) is 0 Å². The van der Waals surface area contributed by atoms with Crippen LogP contribution in [0, 0.1) is 0 Å². The van der Waals surface area contributed by atoms with Crippen LogP contribution in [-0.4, -0.2) is 40.6 Å². The SMILES string of the molecule is NC(=O)c1cccc(C(=O)NCC(O)C(=O)O)c1. The monoisotopic (exact) mass is 252 g/mol. The molecule has 0 fully saturated rings. The van der Waals surface area contributed by atoms with Crippen LogP contribution in [0.25, 0.3) is 0 Å². The van der Waals surface area contributed by atoms with E-state index in [9.17, 15) is 14.4 Å². The van der Waals surface area contributed by atoms with E-state index in [0.29, 0.717) is 0 Å². The number of carboxylic acid groups (broad SMARTS) is 1. The Kier molecular flexibility index (Phi) is 4.39. The van der Waals surface area contributed by atoms with E-state index in [0.717, 1.165) is 0 Å². The van der Waals surface area contributed by atoms with Crippen LogP contribution in [0.15, 0.2) is 24.3 Å². The number of benzene rings is 1. The van der Waals surface area contributed by atoms with Crippen molar-refractivity contribution in [1.29, 1.82) is 0 Å². The molecule has 0 aromatic heterocycles. The van der Waals surface area contributed by atoms with Crippen molar-refractivity contribution in [2.45, 2.75) is 6.10 Å². The number of aliphatic hydroxyl groups is 1. The molecular weight excluding hydrogens is 240 g/mol. The summed E-state index contributed by atoms with van der Waals surface area (Å²) in [6.07, 6.45) is -1.67. The molecule has 18 heavy (non-hydrogen) atoms. The Morgan fingerprint density at radius 2 is 1.89 bits per heavy atom. The van der Waals surface area contributed by atoms with E-state index in [1.165, 1.54) is 24.3 Å². The van der Waals surface area contributed by atoms with E-state index < -0.39 is 30.4 Å². The van der Waals surface area contributed by atoms with Crippen LogP contribution in [0.5, 0.6) is 0 Å². The van der Waals surface area contributed by atoms with Gasteiger partial charge in [-0.15, -0.1) is 0 Å². The Hall–Kier alpha value is -2.41. The summed E-state index contributed by atoms with van der Waals surface area (Å²) in [6, 6.07) is 5.65. The number of carboxylic acids is 1. The summed E-state index contributed by atoms with van der Waals surface area (Å²) in [7, 11) is 0. The molecule has 0 heterocycles. The number of hydrogen-bond donors (Lipinski definition) is 4. The van der Waals surface area contributed by atoms with Crippen LogP contribution < -0.4 is 11.1 Å². The lowest BCUT2D eigenvalue weighted by atomic mass is 10.1. The Labute approximate surface area is 102 Å². The van der Waals surface area contributed by atoms with Crippen molar-refractivity contribution in [3.63, 3.8) is 0 Å². The Morgan fingerprint density at radius 3 is 2.44 bits per heavy atom. The van der Waals surface area contributed by atoms with E-state index in [1.807, 2.05) is 0 Å². The van der Waals surface area contributed by atoms with Gasteiger partial charge >= 0.3 is 5.97 Å². The first-order valence-electron chi connectivity index (χ1n) is 5.00. The molecule has 2 amide bonds. The van der Waals surface area contributed by atoms with Crippen LogP contribution >= 0.6 is 0 Å². The van der Waals surface area contributed by atoms with Gasteiger partial charge in [-0.3, -0.25) is 9.59 Å². The van der Waals surface area contributed by atoms with Gasteiger partial charge in [0.2, 0.25) is 5.91 Å². The second-order valence-electron chi connectivity index (χ2n) is 3.51. The van der Waals surface area contributed by atoms with Gasteiger partial charge < -0.3 is 21.3 Å². The van der Waals surface area contributed by atoms with E-state index in [1.54, 1.807) is 0 Å². The fourth-order valence-corrected chi connectivity index (χ4v) is 1.19. The number of aliphatic carboxylic acids is 1. The Morgan fingerprint density at radius 1 is 1.28 bits per heavy atom. The summed E-state index contributed by atoms with van der Waals surface area (Å²) in [5.74, 6) is -2.70. The quantitative estimate of drug-likeness (QED) is 0.532. The molecule has 0 radical (unpaired) electrons. The fraction of sp³-hybridized carbons (Fsp3) is 0.182. The average molecular weight is 252 g/mol. The van der Waals surface area contributed by atoms with E-state index in [4.69, 9.17) is 15.9 Å². The van der Waals surface area contributed by atoms with Gasteiger partial charge in [0.1, 0.15) is 0 Å². The zero-order valence-corrected chi connectivity index (χ0v) is 9.29. The van der Waals surface area contributed by atoms with Gasteiger partial charge in [-0.1, -0.05) is 6.07 Å². The van der Waals surface area contributed by atoms with Crippen molar-refractivity contribution in [3.05, 3.63) is 35.4 Å². The molecular formula is C11H12N2O5. The molecule has 0 bridgehead atoms. The molecule has 7 nitrogen and oxygen atoms in total. The highest BCUT2D eigenvalue weighted by molar-refractivity contribution is 5.99. The standard InChI is InChI=1S/C11H12N2O5/c12-9(15)6-2-1-3-7(4-6)10(16)13-5-8(14)11(17)18/h1-4,8,14H,5H2,(H2,12,15)(H,13,16)(H,17,18). The van der Waals surface area contributed by atoms with Gasteiger partial charge in [-0.2, -0.15) is 0 Å². The summed E-state index contributed by atoms with van der Waals surface area (Å²) in [6.45, 7) is -0.422. The highest BCUT2D eigenvalue weighted by Crippen LogP contribution is 2.04. The molecule has 5 N–H and O–H groups in total. The third-order valence-electron chi connectivity index (χ3n) is 2.15. The van der Waals surface area contributed by atoms with E-state index in [2.05, 4.69) is 5.32 Å². The molecule has 1 aromatic rings. The van der Waals surface area contributed by atoms with Gasteiger partial charge in [0.25, 0.3) is 5.91 Å². The van der Waals surface area contributed by atoms with Gasteiger partial charge in [0, 0.05) is 11.1 Å². The zero-order valence-electron chi connectivity index (χ0n) is 9.29. The number of primary amides is 1. The molecule has 0 aliphatic heterocycles. The highest BCUT2D eigenvalue weighted by atomic mass is 16.4. The molecule has 0 saturated heterocycles. The van der Waals surface area contributed by atoms with Crippen molar-refractivity contribution < 1.29 is 24.6 Å². The third kappa shape index (κ3) is 3.56. The molecule has 1 rings (SSSR count). The lowest BCUT2D eigenvalue weighted by Crippen LogP contribution is -2.36. The average Bonchev–Trinajstić information content (AvgIpc) is 2.35. The largest absolute Gasteiger partial charge is 0.479 e. The topological polar surface area (TPSA) is 130 Å². The van der Waals surface area contributed by atoms with Crippen molar-refractivity contribution in [2.75, 3.05) is 6.54 Å². The number of carbonyl (C=O) groups excluding carboxylic acids is 2. The highest BCUT2D eigenvalue weighted by Gasteiger charge is 2.15. The Balaban J connectivity index is 2.70. The first-order valence-corrected chi connectivity index (χ1v) is 5.00. The summed E-state index contributed by atoms with van der Waals surface area (Å²) in [4.78, 5) is 32.8. The molecule has 0 spiro atoms. The minimum atomic E-state index is -1.67. The fourth-order valence-electron chi connectivity index (χ4n) is 1.19. The van der Waals surface area contributed by atoms with Crippen LogP contribution in [0.1, 0.15) is 20.7 Å². The second-order valence-corrected chi connectivity index (χ2v) is 3.51. The van der Waals surface area contributed by atoms with E-state index in [-0.39, 0.29) is 11.1 Å². The predicted molar refractivity (Wildman–Crippen MR) is 60.9 cm³/mol. The van der Waals surface area contributed by atoms with Crippen LogP contribution in [0.4, 0.5) is 0 Å². The molecule has 1 aromatic carbocycles. The lowest BCUT2D eigenvalue weighted by Gasteiger charge is -2.08. The van der Waals surface area contributed by atoms with Crippen molar-refractivity contribution >= 4 is 17.8 Å². The third-order valence-corrected chi connectivity index (χ3v) is 2.15. The number of carbonyl (C=O) groups is 3. The number of nitrogens with one attached hydrogen (secondary N) is 1. The number of nitrogens with two attached hydrogens (primary N) is 1.